The van der Waals surface area contributed by atoms with Crippen LogP contribution in [0, 0.1) is 6.92 Å². The first-order chi connectivity index (χ1) is 11.2. The summed E-state index contributed by atoms with van der Waals surface area (Å²) in [6.45, 7) is 1.85. The molecule has 3 heterocycles. The van der Waals surface area contributed by atoms with E-state index in [1.54, 1.807) is 12.4 Å². The quantitative estimate of drug-likeness (QED) is 0.756. The zero-order valence-electron chi connectivity index (χ0n) is 12.5. The maximum atomic E-state index is 11.2. The molecule has 4 rings (SSSR count). The van der Waals surface area contributed by atoms with Crippen molar-refractivity contribution >= 4 is 22.7 Å². The normalized spacial score (nSPS) is 14.7. The van der Waals surface area contributed by atoms with Crippen molar-refractivity contribution in [1.82, 2.24) is 25.4 Å². The Balaban J connectivity index is 1.72. The van der Waals surface area contributed by atoms with Gasteiger partial charge in [-0.05, 0) is 24.6 Å². The summed E-state index contributed by atoms with van der Waals surface area (Å²) in [6.07, 6.45) is 4.61. The predicted molar refractivity (Wildman–Crippen MR) is 85.8 cm³/mol. The van der Waals surface area contributed by atoms with Crippen LogP contribution in [0.1, 0.15) is 24.2 Å². The molecule has 1 aliphatic heterocycles. The summed E-state index contributed by atoms with van der Waals surface area (Å²) >= 11 is 0. The summed E-state index contributed by atoms with van der Waals surface area (Å²) < 4.78 is 0. The first-order valence-electron chi connectivity index (χ1n) is 7.33. The molecule has 1 amide bonds. The number of hydrogen-bond acceptors (Lipinski definition) is 5. The van der Waals surface area contributed by atoms with E-state index in [0.29, 0.717) is 12.8 Å². The van der Waals surface area contributed by atoms with Gasteiger partial charge in [-0.2, -0.15) is 5.10 Å². The van der Waals surface area contributed by atoms with E-state index in [1.165, 1.54) is 0 Å². The highest BCUT2D eigenvalue weighted by atomic mass is 16.2. The number of aromatic nitrogens is 4. The lowest BCUT2D eigenvalue weighted by Gasteiger charge is -2.11. The number of carbonyl (C=O) groups excluding carboxylic acids is 1. The number of fused-ring (bicyclic) bond motifs is 1. The van der Waals surface area contributed by atoms with E-state index in [4.69, 9.17) is 0 Å². The standard InChI is InChI=1S/C16H14N6O/c1-9-17-7-11(8-18-9)16-19-13-3-2-10(6-14(13)20-16)12-4-5-15(23)22-21-12/h2-3,6-8H,4-5H2,1H3,(H,19,20)(H,22,23). The van der Waals surface area contributed by atoms with Crippen molar-refractivity contribution in [2.75, 3.05) is 0 Å². The lowest BCUT2D eigenvalue weighted by molar-refractivity contribution is -0.121. The van der Waals surface area contributed by atoms with Crippen LogP contribution in [0.4, 0.5) is 0 Å². The number of nitrogens with zero attached hydrogens (tertiary/aromatic N) is 4. The fraction of sp³-hybridized carbons (Fsp3) is 0.188. The molecule has 0 aliphatic carbocycles. The van der Waals surface area contributed by atoms with Crippen LogP contribution >= 0.6 is 0 Å². The van der Waals surface area contributed by atoms with Gasteiger partial charge in [-0.3, -0.25) is 4.79 Å². The summed E-state index contributed by atoms with van der Waals surface area (Å²) in [5, 5.41) is 4.13. The van der Waals surface area contributed by atoms with Gasteiger partial charge in [-0.1, -0.05) is 6.07 Å². The number of benzene rings is 1. The van der Waals surface area contributed by atoms with E-state index in [-0.39, 0.29) is 5.91 Å². The van der Waals surface area contributed by atoms with Crippen LogP contribution in [0.2, 0.25) is 0 Å². The highest BCUT2D eigenvalue weighted by Crippen LogP contribution is 2.21. The van der Waals surface area contributed by atoms with E-state index in [1.807, 2.05) is 25.1 Å². The smallest absolute Gasteiger partial charge is 0.240 e. The minimum absolute atomic E-state index is 0.0435. The molecule has 0 atom stereocenters. The first-order valence-corrected chi connectivity index (χ1v) is 7.33. The number of aromatic amines is 1. The molecule has 7 nitrogen and oxygen atoms in total. The third kappa shape index (κ3) is 2.57. The molecule has 2 N–H and O–H groups in total. The Morgan fingerprint density at radius 2 is 1.91 bits per heavy atom. The number of H-pyrrole nitrogens is 1. The second-order valence-corrected chi connectivity index (χ2v) is 5.43. The molecule has 7 heteroatoms. The molecule has 0 bridgehead atoms. The number of hydrazone groups is 1. The van der Waals surface area contributed by atoms with Crippen molar-refractivity contribution in [3.8, 4) is 11.4 Å². The van der Waals surface area contributed by atoms with Crippen molar-refractivity contribution in [3.05, 3.63) is 42.0 Å². The Morgan fingerprint density at radius 3 is 2.65 bits per heavy atom. The molecule has 0 fully saturated rings. The minimum atomic E-state index is -0.0435. The summed E-state index contributed by atoms with van der Waals surface area (Å²) in [7, 11) is 0. The van der Waals surface area contributed by atoms with Gasteiger partial charge in [-0.25, -0.2) is 20.4 Å². The Hall–Kier alpha value is -3.09. The molecular weight excluding hydrogens is 292 g/mol. The fourth-order valence-corrected chi connectivity index (χ4v) is 2.52. The first kappa shape index (κ1) is 13.6. The number of imidazole rings is 1. The Bertz CT molecular complexity index is 925. The molecular formula is C16H14N6O. The van der Waals surface area contributed by atoms with E-state index in [0.717, 1.165) is 39.5 Å². The van der Waals surface area contributed by atoms with Crippen molar-refractivity contribution in [2.45, 2.75) is 19.8 Å². The molecule has 114 valence electrons. The SMILES string of the molecule is Cc1ncc(-c2nc3ccc(C4=NNC(=O)CC4)cc3[nH]2)cn1. The monoisotopic (exact) mass is 306 g/mol. The lowest BCUT2D eigenvalue weighted by Crippen LogP contribution is -2.25. The van der Waals surface area contributed by atoms with Crippen LogP contribution < -0.4 is 5.43 Å². The average Bonchev–Trinajstić information content (AvgIpc) is 2.99. The van der Waals surface area contributed by atoms with Gasteiger partial charge in [0.05, 0.1) is 22.3 Å². The van der Waals surface area contributed by atoms with Gasteiger partial charge in [-0.15, -0.1) is 0 Å². The van der Waals surface area contributed by atoms with Crippen LogP contribution in [0.25, 0.3) is 22.4 Å². The molecule has 1 aromatic carbocycles. The minimum Gasteiger partial charge on any atom is -0.338 e. The molecule has 0 saturated carbocycles. The highest BCUT2D eigenvalue weighted by molar-refractivity contribution is 6.05. The molecule has 0 radical (unpaired) electrons. The maximum Gasteiger partial charge on any atom is 0.240 e. The van der Waals surface area contributed by atoms with Crippen molar-refractivity contribution in [1.29, 1.82) is 0 Å². The van der Waals surface area contributed by atoms with Gasteiger partial charge >= 0.3 is 0 Å². The highest BCUT2D eigenvalue weighted by Gasteiger charge is 2.14. The van der Waals surface area contributed by atoms with E-state index >= 15 is 0 Å². The number of nitrogens with one attached hydrogen (secondary N) is 2. The molecule has 23 heavy (non-hydrogen) atoms. The number of hydrogen-bond donors (Lipinski definition) is 2. The molecule has 3 aromatic rings. The van der Waals surface area contributed by atoms with Gasteiger partial charge in [0.2, 0.25) is 5.91 Å². The Morgan fingerprint density at radius 1 is 1.09 bits per heavy atom. The Kier molecular flexibility index (Phi) is 3.11. The van der Waals surface area contributed by atoms with Gasteiger partial charge in [0.15, 0.2) is 0 Å². The van der Waals surface area contributed by atoms with Crippen molar-refractivity contribution in [2.24, 2.45) is 5.10 Å². The summed E-state index contributed by atoms with van der Waals surface area (Å²) in [6, 6.07) is 5.91. The van der Waals surface area contributed by atoms with Crippen molar-refractivity contribution in [3.63, 3.8) is 0 Å². The zero-order chi connectivity index (χ0) is 15.8. The summed E-state index contributed by atoms with van der Waals surface area (Å²) in [5.74, 6) is 1.42. The topological polar surface area (TPSA) is 95.9 Å². The Labute approximate surface area is 131 Å². The maximum absolute atomic E-state index is 11.2. The predicted octanol–water partition coefficient (Wildman–Crippen LogP) is 1.94. The van der Waals surface area contributed by atoms with Crippen LogP contribution in [-0.4, -0.2) is 31.6 Å². The number of rotatable bonds is 2. The van der Waals surface area contributed by atoms with Gasteiger partial charge in [0.25, 0.3) is 0 Å². The van der Waals surface area contributed by atoms with Gasteiger partial charge in [0, 0.05) is 25.2 Å². The lowest BCUT2D eigenvalue weighted by atomic mass is 10.0. The van der Waals surface area contributed by atoms with Crippen LogP contribution in [0.15, 0.2) is 35.7 Å². The zero-order valence-corrected chi connectivity index (χ0v) is 12.5. The van der Waals surface area contributed by atoms with Gasteiger partial charge < -0.3 is 4.98 Å². The largest absolute Gasteiger partial charge is 0.338 e. The van der Waals surface area contributed by atoms with E-state index in [2.05, 4.69) is 30.5 Å². The number of aryl methyl sites for hydroxylation is 1. The number of carbonyl (C=O) groups is 1. The summed E-state index contributed by atoms with van der Waals surface area (Å²) in [4.78, 5) is 27.4. The molecule has 2 aromatic heterocycles. The second-order valence-electron chi connectivity index (χ2n) is 5.43. The molecule has 0 saturated heterocycles. The average molecular weight is 306 g/mol. The van der Waals surface area contributed by atoms with Crippen molar-refractivity contribution < 1.29 is 4.79 Å². The van der Waals surface area contributed by atoms with Crippen LogP contribution in [-0.2, 0) is 4.79 Å². The molecule has 0 spiro atoms. The number of amides is 1. The fourth-order valence-electron chi connectivity index (χ4n) is 2.52. The second kappa shape index (κ2) is 5.28. The van der Waals surface area contributed by atoms with Gasteiger partial charge in [0.1, 0.15) is 11.6 Å². The van der Waals surface area contributed by atoms with E-state index < -0.39 is 0 Å². The summed E-state index contributed by atoms with van der Waals surface area (Å²) in [5.41, 5.74) is 7.00. The molecule has 0 unspecified atom stereocenters. The van der Waals surface area contributed by atoms with Crippen LogP contribution in [0.5, 0.6) is 0 Å². The van der Waals surface area contributed by atoms with Crippen LogP contribution in [0.3, 0.4) is 0 Å². The third-order valence-electron chi connectivity index (χ3n) is 3.77. The molecule has 1 aliphatic rings. The third-order valence-corrected chi connectivity index (χ3v) is 3.77. The van der Waals surface area contributed by atoms with E-state index in [9.17, 15) is 4.79 Å².